The molecule has 0 spiro atoms. The number of hydrogen-bond donors (Lipinski definition) is 0. The highest BCUT2D eigenvalue weighted by atomic mass is 35.5. The van der Waals surface area contributed by atoms with Crippen molar-refractivity contribution >= 4 is 29.4 Å². The number of nitriles is 1. The van der Waals surface area contributed by atoms with Crippen LogP contribution in [0.4, 0.5) is 0 Å². The minimum Gasteiger partial charge on any atom is -0.455 e. The van der Waals surface area contributed by atoms with E-state index in [4.69, 9.17) is 37.7 Å². The van der Waals surface area contributed by atoms with Crippen LogP contribution in [0, 0.1) is 11.3 Å². The Morgan fingerprint density at radius 3 is 2.80 bits per heavy atom. The van der Waals surface area contributed by atoms with Crippen LogP contribution in [0.1, 0.15) is 16.9 Å². The monoisotopic (exact) mass is 370 g/mol. The molecule has 0 saturated carbocycles. The van der Waals surface area contributed by atoms with Crippen molar-refractivity contribution in [1.29, 1.82) is 5.26 Å². The summed E-state index contributed by atoms with van der Waals surface area (Å²) < 4.78 is 5.68. The molecule has 0 amide bonds. The van der Waals surface area contributed by atoms with Gasteiger partial charge in [-0.25, -0.2) is 0 Å². The third-order valence-corrected chi connectivity index (χ3v) is 4.00. The molecular weight excluding hydrogens is 359 g/mol. The first-order chi connectivity index (χ1) is 12.2. The lowest BCUT2D eigenvalue weighted by molar-refractivity contribution is 0.131. The van der Waals surface area contributed by atoms with Gasteiger partial charge in [0.25, 0.3) is 0 Å². The fourth-order valence-corrected chi connectivity index (χ4v) is 2.59. The molecule has 3 aromatic rings. The van der Waals surface area contributed by atoms with Crippen LogP contribution in [0.2, 0.25) is 10.0 Å². The molecule has 0 saturated heterocycles. The van der Waals surface area contributed by atoms with E-state index in [1.54, 1.807) is 42.5 Å². The topological polar surface area (TPSA) is 58.5 Å². The van der Waals surface area contributed by atoms with Crippen LogP contribution in [0.15, 0.2) is 64.2 Å². The maximum atomic E-state index is 9.03. The van der Waals surface area contributed by atoms with Gasteiger partial charge in [0.1, 0.15) is 24.3 Å². The lowest BCUT2D eigenvalue weighted by Crippen LogP contribution is -1.91. The maximum absolute atomic E-state index is 9.03. The van der Waals surface area contributed by atoms with Crippen LogP contribution in [0.5, 0.6) is 0 Å². The minimum atomic E-state index is 0.202. The second-order valence-corrected chi connectivity index (χ2v) is 5.95. The predicted molar refractivity (Wildman–Crippen MR) is 97.7 cm³/mol. The van der Waals surface area contributed by atoms with Crippen LogP contribution >= 0.6 is 23.2 Å². The van der Waals surface area contributed by atoms with Crippen molar-refractivity contribution in [3.8, 4) is 17.4 Å². The highest BCUT2D eigenvalue weighted by molar-refractivity contribution is 6.35. The predicted octanol–water partition coefficient (Wildman–Crippen LogP) is 5.68. The lowest BCUT2D eigenvalue weighted by atomic mass is 10.1. The highest BCUT2D eigenvalue weighted by Crippen LogP contribution is 2.31. The van der Waals surface area contributed by atoms with E-state index in [9.17, 15) is 0 Å². The molecule has 4 nitrogen and oxygen atoms in total. The Labute approximate surface area is 154 Å². The third kappa shape index (κ3) is 4.21. The lowest BCUT2D eigenvalue weighted by Gasteiger charge is -2.01. The number of hydrogen-bond acceptors (Lipinski definition) is 4. The fraction of sp³-hybridized carbons (Fsp3) is 0.0526. The van der Waals surface area contributed by atoms with Crippen molar-refractivity contribution in [3.05, 3.63) is 81.5 Å². The van der Waals surface area contributed by atoms with Gasteiger partial charge in [-0.05, 0) is 36.4 Å². The van der Waals surface area contributed by atoms with Gasteiger partial charge in [0.2, 0.25) is 0 Å². The highest BCUT2D eigenvalue weighted by Gasteiger charge is 2.09. The van der Waals surface area contributed by atoms with Gasteiger partial charge in [0, 0.05) is 16.1 Å². The first-order valence-corrected chi connectivity index (χ1v) is 8.11. The molecule has 3 rings (SSSR count). The van der Waals surface area contributed by atoms with Crippen molar-refractivity contribution in [2.45, 2.75) is 6.61 Å². The molecule has 0 unspecified atom stereocenters. The van der Waals surface area contributed by atoms with Crippen LogP contribution < -0.4 is 0 Å². The van der Waals surface area contributed by atoms with Crippen molar-refractivity contribution in [1.82, 2.24) is 0 Å². The normalized spacial score (nSPS) is 10.8. The molecule has 0 radical (unpaired) electrons. The quantitative estimate of drug-likeness (QED) is 0.429. The largest absolute Gasteiger partial charge is 0.455 e. The molecule has 0 aliphatic carbocycles. The maximum Gasteiger partial charge on any atom is 0.149 e. The summed E-state index contributed by atoms with van der Waals surface area (Å²) in [5, 5.41) is 14.0. The van der Waals surface area contributed by atoms with E-state index in [0.717, 1.165) is 5.56 Å². The van der Waals surface area contributed by atoms with E-state index in [1.165, 1.54) is 6.21 Å². The number of nitrogens with zero attached hydrogens (tertiary/aromatic N) is 2. The summed E-state index contributed by atoms with van der Waals surface area (Å²) in [5.74, 6) is 1.10. The summed E-state index contributed by atoms with van der Waals surface area (Å²) in [4.78, 5) is 5.24. The van der Waals surface area contributed by atoms with Gasteiger partial charge in [-0.1, -0.05) is 46.6 Å². The van der Waals surface area contributed by atoms with E-state index in [2.05, 4.69) is 11.2 Å². The van der Waals surface area contributed by atoms with Crippen LogP contribution in [0.3, 0.4) is 0 Å². The summed E-state index contributed by atoms with van der Waals surface area (Å²) in [6, 6.07) is 18.0. The molecule has 0 fully saturated rings. The average Bonchev–Trinajstić information content (AvgIpc) is 3.10. The molecule has 124 valence electrons. The van der Waals surface area contributed by atoms with E-state index in [-0.39, 0.29) is 6.61 Å². The molecule has 0 bridgehead atoms. The average molecular weight is 371 g/mol. The number of halogens is 2. The van der Waals surface area contributed by atoms with Crippen LogP contribution in [0.25, 0.3) is 11.3 Å². The number of oxime groups is 1. The van der Waals surface area contributed by atoms with Gasteiger partial charge in [-0.2, -0.15) is 5.26 Å². The van der Waals surface area contributed by atoms with E-state index >= 15 is 0 Å². The standard InChI is InChI=1S/C19H12Cl2N2O2/c20-15-5-7-18(21)17(9-15)19-8-6-16(25-19)11-23-24-12-14-4-2-1-3-13(14)10-22/h1-9,11H,12H2/b23-11-. The molecule has 0 N–H and O–H groups in total. The molecule has 0 aliphatic heterocycles. The van der Waals surface area contributed by atoms with E-state index in [0.29, 0.717) is 32.7 Å². The van der Waals surface area contributed by atoms with Gasteiger partial charge in [0.05, 0.1) is 16.7 Å². The van der Waals surface area contributed by atoms with E-state index in [1.807, 2.05) is 12.1 Å². The zero-order valence-corrected chi connectivity index (χ0v) is 14.5. The van der Waals surface area contributed by atoms with E-state index < -0.39 is 0 Å². The summed E-state index contributed by atoms with van der Waals surface area (Å²) in [5.41, 5.74) is 2.04. The Bertz CT molecular complexity index is 958. The van der Waals surface area contributed by atoms with Crippen molar-refractivity contribution < 1.29 is 9.25 Å². The zero-order valence-electron chi connectivity index (χ0n) is 12.9. The molecule has 1 aromatic heterocycles. The second-order valence-electron chi connectivity index (χ2n) is 5.10. The summed E-state index contributed by atoms with van der Waals surface area (Å²) in [7, 11) is 0. The first kappa shape index (κ1) is 17.1. The van der Waals surface area contributed by atoms with Gasteiger partial charge in [-0.3, -0.25) is 0 Å². The fourth-order valence-electron chi connectivity index (χ4n) is 2.20. The van der Waals surface area contributed by atoms with Crippen LogP contribution in [-0.4, -0.2) is 6.21 Å². The van der Waals surface area contributed by atoms with Crippen molar-refractivity contribution in [3.63, 3.8) is 0 Å². The number of benzene rings is 2. The molecule has 25 heavy (non-hydrogen) atoms. The molecule has 0 atom stereocenters. The third-order valence-electron chi connectivity index (χ3n) is 3.43. The summed E-state index contributed by atoms with van der Waals surface area (Å²) in [6.45, 7) is 0.202. The number of furan rings is 1. The van der Waals surface area contributed by atoms with Gasteiger partial charge in [0.15, 0.2) is 0 Å². The van der Waals surface area contributed by atoms with Crippen molar-refractivity contribution in [2.75, 3.05) is 0 Å². The van der Waals surface area contributed by atoms with Crippen molar-refractivity contribution in [2.24, 2.45) is 5.16 Å². The molecule has 0 aliphatic rings. The van der Waals surface area contributed by atoms with Gasteiger partial charge in [-0.15, -0.1) is 0 Å². The van der Waals surface area contributed by atoms with Gasteiger partial charge >= 0.3 is 0 Å². The Morgan fingerprint density at radius 2 is 1.96 bits per heavy atom. The first-order valence-electron chi connectivity index (χ1n) is 7.36. The summed E-state index contributed by atoms with van der Waals surface area (Å²) >= 11 is 12.1. The molecular formula is C19H12Cl2N2O2. The SMILES string of the molecule is N#Cc1ccccc1CO/N=C\c1ccc(-c2cc(Cl)ccc2Cl)o1. The zero-order chi connectivity index (χ0) is 17.6. The molecule has 1 heterocycles. The van der Waals surface area contributed by atoms with Gasteiger partial charge < -0.3 is 9.25 Å². The second kappa shape index (κ2) is 7.89. The Balaban J connectivity index is 1.66. The Kier molecular flexibility index (Phi) is 5.39. The Hall–Kier alpha value is -2.74. The number of rotatable bonds is 5. The minimum absolute atomic E-state index is 0.202. The smallest absolute Gasteiger partial charge is 0.149 e. The Morgan fingerprint density at radius 1 is 1.12 bits per heavy atom. The molecule has 2 aromatic carbocycles. The summed E-state index contributed by atoms with van der Waals surface area (Å²) in [6.07, 6.45) is 1.46. The molecule has 6 heteroatoms. The van der Waals surface area contributed by atoms with Crippen LogP contribution in [-0.2, 0) is 11.4 Å².